The van der Waals surface area contributed by atoms with Crippen molar-refractivity contribution in [3.63, 3.8) is 0 Å². The fourth-order valence-electron chi connectivity index (χ4n) is 2.66. The average Bonchev–Trinajstić information content (AvgIpc) is 2.30. The van der Waals surface area contributed by atoms with Gasteiger partial charge < -0.3 is 10.0 Å². The molecule has 5 heteroatoms. The van der Waals surface area contributed by atoms with Crippen LogP contribution in [0.25, 0.3) is 0 Å². The zero-order valence-corrected chi connectivity index (χ0v) is 9.44. The number of hydrogen-bond acceptors (Lipinski definition) is 2. The number of nitrogens with zero attached hydrogens (tertiary/aromatic N) is 2. The van der Waals surface area contributed by atoms with E-state index in [0.29, 0.717) is 32.0 Å². The Morgan fingerprint density at radius 3 is 2.50 bits per heavy atom. The van der Waals surface area contributed by atoms with Crippen molar-refractivity contribution in [3.8, 4) is 0 Å². The number of piperidine rings is 2. The largest absolute Gasteiger partial charge is 0.465 e. The lowest BCUT2D eigenvalue weighted by Gasteiger charge is -2.40. The normalized spacial score (nSPS) is 29.3. The molecule has 0 saturated carbocycles. The van der Waals surface area contributed by atoms with E-state index in [2.05, 4.69) is 4.90 Å². The van der Waals surface area contributed by atoms with E-state index in [1.54, 1.807) is 0 Å². The number of carbonyl (C=O) groups is 1. The molecule has 0 aliphatic carbocycles. The lowest BCUT2D eigenvalue weighted by Crippen LogP contribution is -2.51. The molecule has 16 heavy (non-hydrogen) atoms. The molecule has 1 atom stereocenters. The first-order valence-electron chi connectivity index (χ1n) is 6.03. The fraction of sp³-hybridized carbons (Fsp3) is 0.909. The second kappa shape index (κ2) is 4.99. The molecular weight excluding hydrogens is 211 g/mol. The maximum atomic E-state index is 13.0. The first kappa shape index (κ1) is 11.6. The smallest absolute Gasteiger partial charge is 0.407 e. The van der Waals surface area contributed by atoms with Crippen LogP contribution in [0, 0.1) is 0 Å². The van der Waals surface area contributed by atoms with E-state index in [0.717, 1.165) is 25.9 Å². The third kappa shape index (κ3) is 2.64. The molecule has 4 nitrogen and oxygen atoms in total. The summed E-state index contributed by atoms with van der Waals surface area (Å²) in [6.07, 6.45) is 1.68. The van der Waals surface area contributed by atoms with Crippen LogP contribution in [0.2, 0.25) is 0 Å². The Labute approximate surface area is 95.0 Å². The highest BCUT2D eigenvalue weighted by Gasteiger charge is 2.30. The van der Waals surface area contributed by atoms with Crippen molar-refractivity contribution < 1.29 is 14.3 Å². The van der Waals surface area contributed by atoms with Gasteiger partial charge in [0.1, 0.15) is 6.17 Å². The molecule has 0 bridgehead atoms. The van der Waals surface area contributed by atoms with Crippen molar-refractivity contribution in [2.75, 3.05) is 26.2 Å². The third-order valence-corrected chi connectivity index (χ3v) is 3.64. The number of hydrogen-bond donors (Lipinski definition) is 1. The Morgan fingerprint density at radius 2 is 1.88 bits per heavy atom. The zero-order chi connectivity index (χ0) is 11.5. The van der Waals surface area contributed by atoms with E-state index in [4.69, 9.17) is 5.11 Å². The van der Waals surface area contributed by atoms with Crippen LogP contribution in [0.3, 0.4) is 0 Å². The Kier molecular flexibility index (Phi) is 3.63. The van der Waals surface area contributed by atoms with E-state index >= 15 is 0 Å². The number of rotatable bonds is 1. The van der Waals surface area contributed by atoms with Gasteiger partial charge in [-0.3, -0.25) is 4.90 Å². The van der Waals surface area contributed by atoms with Gasteiger partial charge in [0.15, 0.2) is 0 Å². The summed E-state index contributed by atoms with van der Waals surface area (Å²) < 4.78 is 13.0. The van der Waals surface area contributed by atoms with Crippen molar-refractivity contribution in [2.24, 2.45) is 0 Å². The summed E-state index contributed by atoms with van der Waals surface area (Å²) in [7, 11) is 0. The van der Waals surface area contributed by atoms with Crippen LogP contribution < -0.4 is 0 Å². The third-order valence-electron chi connectivity index (χ3n) is 3.64. The van der Waals surface area contributed by atoms with Crippen LogP contribution in [0.4, 0.5) is 9.18 Å². The van der Waals surface area contributed by atoms with Crippen molar-refractivity contribution in [2.45, 2.75) is 37.9 Å². The van der Waals surface area contributed by atoms with Crippen LogP contribution in [-0.2, 0) is 0 Å². The fourth-order valence-corrected chi connectivity index (χ4v) is 2.66. The summed E-state index contributed by atoms with van der Waals surface area (Å²) in [4.78, 5) is 14.6. The predicted molar refractivity (Wildman–Crippen MR) is 58.3 cm³/mol. The molecule has 1 amide bonds. The minimum Gasteiger partial charge on any atom is -0.465 e. The number of amides is 1. The number of carboxylic acid groups (broad SMARTS) is 1. The Hall–Kier alpha value is -0.840. The van der Waals surface area contributed by atoms with E-state index in [1.807, 2.05) is 0 Å². The molecule has 2 aliphatic rings. The van der Waals surface area contributed by atoms with Gasteiger partial charge in [0.05, 0.1) is 0 Å². The molecular formula is C11H19FN2O2. The molecule has 1 N–H and O–H groups in total. The minimum atomic E-state index is -0.829. The summed E-state index contributed by atoms with van der Waals surface area (Å²) in [5, 5.41) is 8.94. The quantitative estimate of drug-likeness (QED) is 0.743. The van der Waals surface area contributed by atoms with Crippen molar-refractivity contribution in [1.29, 1.82) is 0 Å². The Balaban J connectivity index is 1.87. The molecule has 2 heterocycles. The van der Waals surface area contributed by atoms with E-state index in [9.17, 15) is 9.18 Å². The second-order valence-corrected chi connectivity index (χ2v) is 4.74. The molecule has 2 fully saturated rings. The lowest BCUT2D eigenvalue weighted by atomic mass is 10.0. The van der Waals surface area contributed by atoms with E-state index < -0.39 is 12.3 Å². The first-order chi connectivity index (χ1) is 7.66. The van der Waals surface area contributed by atoms with Crippen LogP contribution in [-0.4, -0.2) is 59.4 Å². The first-order valence-corrected chi connectivity index (χ1v) is 6.03. The predicted octanol–water partition coefficient (Wildman–Crippen LogP) is 1.56. The monoisotopic (exact) mass is 230 g/mol. The molecule has 0 unspecified atom stereocenters. The van der Waals surface area contributed by atoms with Crippen LogP contribution in [0.5, 0.6) is 0 Å². The summed E-state index contributed by atoms with van der Waals surface area (Å²) in [5.41, 5.74) is 0. The summed E-state index contributed by atoms with van der Waals surface area (Å²) in [6, 6.07) is 0.303. The number of halogens is 1. The summed E-state index contributed by atoms with van der Waals surface area (Å²) in [5.74, 6) is 0. The van der Waals surface area contributed by atoms with Gasteiger partial charge in [0, 0.05) is 32.2 Å². The summed E-state index contributed by atoms with van der Waals surface area (Å²) >= 11 is 0. The average molecular weight is 230 g/mol. The van der Waals surface area contributed by atoms with E-state index in [-0.39, 0.29) is 0 Å². The summed E-state index contributed by atoms with van der Waals surface area (Å²) in [6.45, 7) is 2.79. The van der Waals surface area contributed by atoms with E-state index in [1.165, 1.54) is 4.90 Å². The van der Waals surface area contributed by atoms with Crippen molar-refractivity contribution in [3.05, 3.63) is 0 Å². The second-order valence-electron chi connectivity index (χ2n) is 4.74. The molecule has 2 aliphatic heterocycles. The Bertz CT molecular complexity index is 254. The molecule has 2 saturated heterocycles. The van der Waals surface area contributed by atoms with Gasteiger partial charge in [-0.15, -0.1) is 0 Å². The van der Waals surface area contributed by atoms with Gasteiger partial charge in [0.2, 0.25) is 0 Å². The van der Waals surface area contributed by atoms with Crippen LogP contribution >= 0.6 is 0 Å². The topological polar surface area (TPSA) is 43.8 Å². The highest BCUT2D eigenvalue weighted by atomic mass is 19.1. The van der Waals surface area contributed by atoms with Gasteiger partial charge in [-0.05, 0) is 25.7 Å². The molecule has 0 spiro atoms. The number of likely N-dealkylation sites (tertiary alicyclic amines) is 2. The Morgan fingerprint density at radius 1 is 1.19 bits per heavy atom. The molecule has 0 aromatic heterocycles. The van der Waals surface area contributed by atoms with Crippen molar-refractivity contribution in [1.82, 2.24) is 9.80 Å². The van der Waals surface area contributed by atoms with Gasteiger partial charge in [-0.25, -0.2) is 9.18 Å². The highest BCUT2D eigenvalue weighted by Crippen LogP contribution is 2.21. The molecule has 0 radical (unpaired) electrons. The van der Waals surface area contributed by atoms with Crippen LogP contribution in [0.15, 0.2) is 0 Å². The van der Waals surface area contributed by atoms with Gasteiger partial charge >= 0.3 is 6.09 Å². The van der Waals surface area contributed by atoms with Crippen molar-refractivity contribution >= 4 is 6.09 Å². The SMILES string of the molecule is O=C(O)N1CCC[C@H](N2CCC(F)CC2)C1. The zero-order valence-electron chi connectivity index (χ0n) is 9.44. The van der Waals surface area contributed by atoms with Gasteiger partial charge in [-0.2, -0.15) is 0 Å². The van der Waals surface area contributed by atoms with Gasteiger partial charge in [0.25, 0.3) is 0 Å². The lowest BCUT2D eigenvalue weighted by molar-refractivity contribution is 0.0588. The molecule has 2 rings (SSSR count). The van der Waals surface area contributed by atoms with Gasteiger partial charge in [-0.1, -0.05) is 0 Å². The maximum absolute atomic E-state index is 13.0. The maximum Gasteiger partial charge on any atom is 0.407 e. The molecule has 0 aromatic carbocycles. The standard InChI is InChI=1S/C11H19FN2O2/c12-9-3-6-13(7-4-9)10-2-1-5-14(8-10)11(15)16/h9-10H,1-8H2,(H,15,16)/t10-/m0/s1. The number of alkyl halides is 1. The highest BCUT2D eigenvalue weighted by molar-refractivity contribution is 5.65. The molecule has 92 valence electrons. The molecule has 0 aromatic rings. The minimum absolute atomic E-state index is 0.303. The van der Waals surface area contributed by atoms with Crippen LogP contribution in [0.1, 0.15) is 25.7 Å².